The molecule has 0 aromatic heterocycles. The van der Waals surface area contributed by atoms with Gasteiger partial charge in [-0.3, -0.25) is 9.69 Å². The molecule has 2 aromatic rings. The molecule has 0 saturated carbocycles. The van der Waals surface area contributed by atoms with Gasteiger partial charge in [-0.2, -0.15) is 26.3 Å². The summed E-state index contributed by atoms with van der Waals surface area (Å²) in [4.78, 5) is 12.4. The van der Waals surface area contributed by atoms with Crippen LogP contribution in [-0.2, 0) is 30.1 Å². The Bertz CT molecular complexity index is 973. The molecule has 0 radical (unpaired) electrons. The fourth-order valence-electron chi connectivity index (χ4n) is 3.89. The Morgan fingerprint density at radius 1 is 1.06 bits per heavy atom. The number of likely N-dealkylation sites (tertiary alicyclic amines) is 1. The Labute approximate surface area is 186 Å². The number of benzene rings is 2. The average Bonchev–Trinajstić information content (AvgIpc) is 2.71. The molecule has 2 aromatic carbocycles. The third-order valence-corrected chi connectivity index (χ3v) is 5.42. The summed E-state index contributed by atoms with van der Waals surface area (Å²) < 4.78 is 85.3. The first-order chi connectivity index (χ1) is 15.4. The van der Waals surface area contributed by atoms with Crippen LogP contribution in [0.3, 0.4) is 0 Å². The van der Waals surface area contributed by atoms with Crippen molar-refractivity contribution in [2.24, 2.45) is 0 Å². The minimum Gasteiger partial charge on any atom is -0.489 e. The molecular weight excluding hydrogens is 452 g/mol. The van der Waals surface area contributed by atoms with E-state index in [0.717, 1.165) is 5.56 Å². The molecule has 0 amide bonds. The zero-order valence-corrected chi connectivity index (χ0v) is 17.5. The Hall–Kier alpha value is -2.75. The molecule has 4 nitrogen and oxygen atoms in total. The summed E-state index contributed by atoms with van der Waals surface area (Å²) in [7, 11) is 0. The van der Waals surface area contributed by atoms with Crippen LogP contribution in [0.1, 0.15) is 41.5 Å². The monoisotopic (exact) mass is 475 g/mol. The largest absolute Gasteiger partial charge is 0.489 e. The third kappa shape index (κ3) is 7.12. The zero-order valence-electron chi connectivity index (χ0n) is 17.5. The van der Waals surface area contributed by atoms with Gasteiger partial charge in [0, 0.05) is 19.5 Å². The van der Waals surface area contributed by atoms with Crippen molar-refractivity contribution in [2.45, 2.75) is 50.7 Å². The first-order valence-electron chi connectivity index (χ1n) is 10.4. The summed E-state index contributed by atoms with van der Waals surface area (Å²) in [5.74, 6) is -0.406. The third-order valence-electron chi connectivity index (χ3n) is 5.42. The number of aryl methyl sites for hydroxylation is 1. The maximum Gasteiger partial charge on any atom is 0.416 e. The molecule has 1 aliphatic heterocycles. The van der Waals surface area contributed by atoms with Crippen molar-refractivity contribution < 1.29 is 41.0 Å². The molecule has 1 N–H and O–H groups in total. The van der Waals surface area contributed by atoms with E-state index < -0.39 is 35.0 Å². The number of ether oxygens (including phenoxy) is 1. The molecule has 33 heavy (non-hydrogen) atoms. The lowest BCUT2D eigenvalue weighted by Crippen LogP contribution is -2.41. The van der Waals surface area contributed by atoms with Crippen LogP contribution in [0, 0.1) is 0 Å². The molecule has 0 aliphatic carbocycles. The van der Waals surface area contributed by atoms with Crippen molar-refractivity contribution in [3.63, 3.8) is 0 Å². The molecule has 1 saturated heterocycles. The van der Waals surface area contributed by atoms with Crippen LogP contribution < -0.4 is 4.74 Å². The van der Waals surface area contributed by atoms with E-state index in [9.17, 15) is 31.1 Å². The second-order valence-electron chi connectivity index (χ2n) is 8.03. The lowest BCUT2D eigenvalue weighted by atomic mass is 10.0. The van der Waals surface area contributed by atoms with E-state index in [1.54, 1.807) is 29.2 Å². The van der Waals surface area contributed by atoms with Gasteiger partial charge < -0.3 is 9.84 Å². The number of hydrogen-bond donors (Lipinski definition) is 1. The number of carbonyl (C=O) groups is 1. The van der Waals surface area contributed by atoms with Crippen molar-refractivity contribution in [1.29, 1.82) is 0 Å². The summed E-state index contributed by atoms with van der Waals surface area (Å²) >= 11 is 0. The number of hydrogen-bond acceptors (Lipinski definition) is 3. The standard InChI is InChI=1S/C23H23F6NO3/c24-22(25,26)17-7-8-20(23(27,28)29)16(12-17)13-30-10-2-5-19(14-30)33-18-4-1-3-15(11-18)6-9-21(31)32/h1,3-4,7-8,11-12,19H,2,5-6,9-10,13-14H2,(H,31,32). The van der Waals surface area contributed by atoms with Crippen LogP contribution in [0.2, 0.25) is 0 Å². The minimum atomic E-state index is -4.76. The smallest absolute Gasteiger partial charge is 0.416 e. The van der Waals surface area contributed by atoms with E-state index in [2.05, 4.69) is 0 Å². The fraction of sp³-hybridized carbons (Fsp3) is 0.435. The number of carboxylic acids is 1. The quantitative estimate of drug-likeness (QED) is 0.516. The predicted molar refractivity (Wildman–Crippen MR) is 108 cm³/mol. The van der Waals surface area contributed by atoms with E-state index in [-0.39, 0.29) is 25.6 Å². The van der Waals surface area contributed by atoms with Gasteiger partial charge in [-0.05, 0) is 67.3 Å². The van der Waals surface area contributed by atoms with Crippen molar-refractivity contribution >= 4 is 5.97 Å². The molecule has 1 atom stereocenters. The van der Waals surface area contributed by atoms with Gasteiger partial charge >= 0.3 is 18.3 Å². The molecule has 180 valence electrons. The highest BCUT2D eigenvalue weighted by molar-refractivity contribution is 5.67. The average molecular weight is 475 g/mol. The van der Waals surface area contributed by atoms with E-state index in [1.165, 1.54) is 0 Å². The molecular formula is C23H23F6NO3. The lowest BCUT2D eigenvalue weighted by Gasteiger charge is -2.33. The van der Waals surface area contributed by atoms with Gasteiger partial charge in [0.2, 0.25) is 0 Å². The zero-order chi connectivity index (χ0) is 24.2. The number of piperidine rings is 1. The SMILES string of the molecule is O=C(O)CCc1cccc(OC2CCCN(Cc3cc(C(F)(F)F)ccc3C(F)(F)F)C2)c1. The van der Waals surface area contributed by atoms with Crippen molar-refractivity contribution in [3.05, 3.63) is 64.7 Å². The maximum absolute atomic E-state index is 13.4. The van der Waals surface area contributed by atoms with E-state index in [4.69, 9.17) is 9.84 Å². The second-order valence-corrected chi connectivity index (χ2v) is 8.03. The summed E-state index contributed by atoms with van der Waals surface area (Å²) in [5.41, 5.74) is -1.84. The molecule has 1 aliphatic rings. The summed E-state index contributed by atoms with van der Waals surface area (Å²) in [6, 6.07) is 8.43. The van der Waals surface area contributed by atoms with Crippen molar-refractivity contribution in [3.8, 4) is 5.75 Å². The van der Waals surface area contributed by atoms with Crippen LogP contribution in [-0.4, -0.2) is 35.2 Å². The van der Waals surface area contributed by atoms with Crippen LogP contribution >= 0.6 is 0 Å². The summed E-state index contributed by atoms with van der Waals surface area (Å²) in [6.45, 7) is 0.413. The fourth-order valence-corrected chi connectivity index (χ4v) is 3.89. The first kappa shape index (κ1) is 24.9. The molecule has 1 unspecified atom stereocenters. The molecule has 1 heterocycles. The van der Waals surface area contributed by atoms with Gasteiger partial charge in [0.15, 0.2) is 0 Å². The summed E-state index contributed by atoms with van der Waals surface area (Å²) in [5, 5.41) is 8.82. The Kier molecular flexibility index (Phi) is 7.56. The Morgan fingerprint density at radius 2 is 1.82 bits per heavy atom. The number of halogens is 6. The van der Waals surface area contributed by atoms with E-state index in [1.807, 2.05) is 0 Å². The van der Waals surface area contributed by atoms with E-state index >= 15 is 0 Å². The van der Waals surface area contributed by atoms with Gasteiger partial charge in [-0.1, -0.05) is 12.1 Å². The second kappa shape index (κ2) is 10.0. The van der Waals surface area contributed by atoms with Gasteiger partial charge in [0.1, 0.15) is 11.9 Å². The normalized spacial score (nSPS) is 17.7. The van der Waals surface area contributed by atoms with Gasteiger partial charge in [-0.25, -0.2) is 0 Å². The molecule has 0 spiro atoms. The Balaban J connectivity index is 1.71. The molecule has 0 bridgehead atoms. The topological polar surface area (TPSA) is 49.8 Å². The highest BCUT2D eigenvalue weighted by atomic mass is 19.4. The van der Waals surface area contributed by atoms with Crippen molar-refractivity contribution in [2.75, 3.05) is 13.1 Å². The molecule has 1 fully saturated rings. The van der Waals surface area contributed by atoms with Gasteiger partial charge in [0.25, 0.3) is 0 Å². The highest BCUT2D eigenvalue weighted by Gasteiger charge is 2.37. The van der Waals surface area contributed by atoms with Gasteiger partial charge in [-0.15, -0.1) is 0 Å². The minimum absolute atomic E-state index is 0.0286. The number of nitrogens with zero attached hydrogens (tertiary/aromatic N) is 1. The number of rotatable bonds is 7. The molecule has 3 rings (SSSR count). The highest BCUT2D eigenvalue weighted by Crippen LogP contribution is 2.37. The number of aliphatic carboxylic acids is 1. The van der Waals surface area contributed by atoms with Crippen molar-refractivity contribution in [1.82, 2.24) is 4.90 Å². The molecule has 10 heteroatoms. The number of carboxylic acid groups (broad SMARTS) is 1. The van der Waals surface area contributed by atoms with Crippen LogP contribution in [0.4, 0.5) is 26.3 Å². The van der Waals surface area contributed by atoms with Crippen LogP contribution in [0.5, 0.6) is 5.75 Å². The van der Waals surface area contributed by atoms with E-state index in [0.29, 0.717) is 49.8 Å². The van der Waals surface area contributed by atoms with Crippen LogP contribution in [0.25, 0.3) is 0 Å². The first-order valence-corrected chi connectivity index (χ1v) is 10.4. The number of alkyl halides is 6. The Morgan fingerprint density at radius 3 is 2.48 bits per heavy atom. The predicted octanol–water partition coefficient (Wildman–Crippen LogP) is 5.78. The van der Waals surface area contributed by atoms with Gasteiger partial charge in [0.05, 0.1) is 11.1 Å². The summed E-state index contributed by atoms with van der Waals surface area (Å²) in [6.07, 6.45) is -8.29. The van der Waals surface area contributed by atoms with Crippen LogP contribution in [0.15, 0.2) is 42.5 Å². The lowest BCUT2D eigenvalue weighted by molar-refractivity contribution is -0.142. The maximum atomic E-state index is 13.4.